The molecule has 5 aromatic heterocycles. The Balaban J connectivity index is 1.25. The van der Waals surface area contributed by atoms with Crippen molar-refractivity contribution in [3.63, 3.8) is 0 Å². The van der Waals surface area contributed by atoms with Crippen molar-refractivity contribution in [1.82, 2.24) is 35.3 Å². The fourth-order valence-corrected chi connectivity index (χ4v) is 4.11. The standard InChI is InChI=1S/C31H24N8O2/c1-3-20(28-36-38-30(40-28)26-15-9-13-24(34-26)22-11-5-7-17-32-22)19-21(4-2)29-37-39-31(41-29)27-16-10-14-25(35-27)23-12-6-8-18-33-23/h3-6,8-16,18-19H,1,7,17H2,2H3/b20-19+,21-4+. The molecule has 6 rings (SSSR count). The molecule has 0 N–H and O–H groups in total. The molecule has 0 amide bonds. The number of pyridine rings is 3. The molecular weight excluding hydrogens is 516 g/mol. The largest absolute Gasteiger partial charge is 0.415 e. The van der Waals surface area contributed by atoms with Crippen molar-refractivity contribution < 1.29 is 8.83 Å². The molecule has 0 atom stereocenters. The van der Waals surface area contributed by atoms with Gasteiger partial charge in [0, 0.05) is 23.9 Å². The summed E-state index contributed by atoms with van der Waals surface area (Å²) in [5.41, 5.74) is 5.38. The Morgan fingerprint density at radius 1 is 0.756 bits per heavy atom. The zero-order valence-corrected chi connectivity index (χ0v) is 22.2. The third kappa shape index (κ3) is 5.57. The lowest BCUT2D eigenvalue weighted by atomic mass is 10.1. The van der Waals surface area contributed by atoms with Crippen molar-refractivity contribution in [2.45, 2.75) is 13.3 Å². The fraction of sp³-hybridized carbons (Fsp3) is 0.0968. The molecule has 10 nitrogen and oxygen atoms in total. The molecule has 0 fully saturated rings. The van der Waals surface area contributed by atoms with Gasteiger partial charge in [0.05, 0.1) is 22.8 Å². The van der Waals surface area contributed by atoms with Crippen LogP contribution >= 0.6 is 0 Å². The summed E-state index contributed by atoms with van der Waals surface area (Å²) in [6, 6.07) is 16.8. The van der Waals surface area contributed by atoms with Gasteiger partial charge in [-0.25, -0.2) is 9.97 Å². The van der Waals surface area contributed by atoms with Crippen LogP contribution < -0.4 is 0 Å². The third-order valence-corrected chi connectivity index (χ3v) is 6.17. The first-order valence-corrected chi connectivity index (χ1v) is 13.0. The Labute approximate surface area is 235 Å². The molecule has 0 unspecified atom stereocenters. The Kier molecular flexibility index (Phi) is 7.26. The van der Waals surface area contributed by atoms with Crippen molar-refractivity contribution in [2.24, 2.45) is 4.99 Å². The van der Waals surface area contributed by atoms with Gasteiger partial charge in [-0.05, 0) is 61.9 Å². The van der Waals surface area contributed by atoms with Crippen LogP contribution in [0.4, 0.5) is 0 Å². The number of hydrogen-bond donors (Lipinski definition) is 0. The number of rotatable bonds is 8. The zero-order valence-electron chi connectivity index (χ0n) is 22.2. The van der Waals surface area contributed by atoms with Crippen LogP contribution in [0.1, 0.15) is 30.8 Å². The van der Waals surface area contributed by atoms with Gasteiger partial charge in [-0.3, -0.25) is 9.98 Å². The Morgan fingerprint density at radius 2 is 1.41 bits per heavy atom. The van der Waals surface area contributed by atoms with E-state index in [9.17, 15) is 0 Å². The SMILES string of the molecule is C=C/C(=C\C(=C/C)c1nnc(-c2cccc(-c3ccccn3)n2)o1)c1nnc(-c2cccc(C3=NCCC=C3)n2)o1. The summed E-state index contributed by atoms with van der Waals surface area (Å²) in [6.07, 6.45) is 12.0. The minimum absolute atomic E-state index is 0.279. The molecule has 0 radical (unpaired) electrons. The summed E-state index contributed by atoms with van der Waals surface area (Å²) < 4.78 is 12.0. The summed E-state index contributed by atoms with van der Waals surface area (Å²) in [6.45, 7) is 6.54. The Hall–Kier alpha value is -5.64. The maximum atomic E-state index is 5.99. The molecule has 0 aliphatic carbocycles. The van der Waals surface area contributed by atoms with Crippen molar-refractivity contribution in [2.75, 3.05) is 6.54 Å². The van der Waals surface area contributed by atoms with Crippen LogP contribution in [-0.4, -0.2) is 47.6 Å². The number of nitrogens with zero attached hydrogens (tertiary/aromatic N) is 8. The van der Waals surface area contributed by atoms with Crippen LogP contribution in [0.3, 0.4) is 0 Å². The third-order valence-electron chi connectivity index (χ3n) is 6.17. The molecule has 41 heavy (non-hydrogen) atoms. The highest BCUT2D eigenvalue weighted by Crippen LogP contribution is 2.27. The van der Waals surface area contributed by atoms with E-state index >= 15 is 0 Å². The van der Waals surface area contributed by atoms with Crippen molar-refractivity contribution in [1.29, 1.82) is 0 Å². The van der Waals surface area contributed by atoms with Crippen LogP contribution in [0, 0.1) is 0 Å². The normalized spacial score (nSPS) is 13.7. The molecule has 0 aromatic carbocycles. The summed E-state index contributed by atoms with van der Waals surface area (Å²) in [5, 5.41) is 16.9. The van der Waals surface area contributed by atoms with E-state index in [0.29, 0.717) is 34.1 Å². The minimum Gasteiger partial charge on any atom is -0.415 e. The lowest BCUT2D eigenvalue weighted by molar-refractivity contribution is 0.550. The molecule has 0 saturated carbocycles. The van der Waals surface area contributed by atoms with E-state index in [1.54, 1.807) is 18.3 Å². The lowest BCUT2D eigenvalue weighted by Gasteiger charge is -2.06. The number of allylic oxidation sites excluding steroid dienone is 6. The van der Waals surface area contributed by atoms with E-state index < -0.39 is 0 Å². The molecular formula is C31H24N8O2. The van der Waals surface area contributed by atoms with Crippen LogP contribution in [0.2, 0.25) is 0 Å². The van der Waals surface area contributed by atoms with Crippen molar-refractivity contribution in [3.8, 4) is 34.6 Å². The van der Waals surface area contributed by atoms with Gasteiger partial charge in [0.15, 0.2) is 0 Å². The molecule has 0 saturated heterocycles. The van der Waals surface area contributed by atoms with Crippen molar-refractivity contribution in [3.05, 3.63) is 115 Å². The number of aromatic nitrogens is 7. The van der Waals surface area contributed by atoms with Crippen molar-refractivity contribution >= 4 is 16.9 Å². The second-order valence-corrected chi connectivity index (χ2v) is 8.86. The van der Waals surface area contributed by atoms with E-state index in [2.05, 4.69) is 53.0 Å². The lowest BCUT2D eigenvalue weighted by Crippen LogP contribution is -2.05. The van der Waals surface area contributed by atoms with Gasteiger partial charge in [-0.1, -0.05) is 43.0 Å². The highest BCUT2D eigenvalue weighted by atomic mass is 16.4. The van der Waals surface area contributed by atoms with Gasteiger partial charge in [-0.15, -0.1) is 20.4 Å². The fourth-order valence-electron chi connectivity index (χ4n) is 4.11. The van der Waals surface area contributed by atoms with Gasteiger partial charge in [0.25, 0.3) is 11.8 Å². The first kappa shape index (κ1) is 25.6. The summed E-state index contributed by atoms with van der Waals surface area (Å²) in [7, 11) is 0. The van der Waals surface area contributed by atoms with E-state index in [1.165, 1.54) is 0 Å². The second kappa shape index (κ2) is 11.6. The summed E-state index contributed by atoms with van der Waals surface area (Å²) in [5.74, 6) is 1.16. The van der Waals surface area contributed by atoms with Crippen LogP contribution in [0.25, 0.3) is 45.7 Å². The smallest absolute Gasteiger partial charge is 0.266 e. The highest BCUT2D eigenvalue weighted by Gasteiger charge is 2.17. The molecule has 0 bridgehead atoms. The average molecular weight is 541 g/mol. The van der Waals surface area contributed by atoms with Gasteiger partial charge in [0.2, 0.25) is 11.8 Å². The number of hydrogen-bond acceptors (Lipinski definition) is 10. The van der Waals surface area contributed by atoms with E-state index in [1.807, 2.05) is 73.7 Å². The Morgan fingerprint density at radius 3 is 2.05 bits per heavy atom. The average Bonchev–Trinajstić information content (AvgIpc) is 3.74. The van der Waals surface area contributed by atoms with Gasteiger partial charge >= 0.3 is 0 Å². The van der Waals surface area contributed by atoms with Gasteiger partial charge in [0.1, 0.15) is 11.4 Å². The molecule has 6 heterocycles. The van der Waals surface area contributed by atoms with Gasteiger partial charge < -0.3 is 8.83 Å². The first-order valence-electron chi connectivity index (χ1n) is 13.0. The van der Waals surface area contributed by atoms with E-state index in [-0.39, 0.29) is 17.7 Å². The number of aliphatic imine (C=N–C) groups is 1. The zero-order chi connectivity index (χ0) is 28.0. The van der Waals surface area contributed by atoms with E-state index in [4.69, 9.17) is 8.83 Å². The summed E-state index contributed by atoms with van der Waals surface area (Å²) >= 11 is 0. The molecule has 5 aromatic rings. The molecule has 200 valence electrons. The maximum Gasteiger partial charge on any atom is 0.266 e. The predicted octanol–water partition coefficient (Wildman–Crippen LogP) is 6.06. The van der Waals surface area contributed by atoms with Gasteiger partial charge in [-0.2, -0.15) is 0 Å². The monoisotopic (exact) mass is 540 g/mol. The van der Waals surface area contributed by atoms with E-state index in [0.717, 1.165) is 30.1 Å². The first-order chi connectivity index (χ1) is 20.2. The second-order valence-electron chi connectivity index (χ2n) is 8.86. The van der Waals surface area contributed by atoms with Crippen LogP contribution in [0.5, 0.6) is 0 Å². The predicted molar refractivity (Wildman–Crippen MR) is 155 cm³/mol. The minimum atomic E-state index is 0.279. The van der Waals surface area contributed by atoms with Crippen LogP contribution in [-0.2, 0) is 0 Å². The Bertz CT molecular complexity index is 1830. The quantitative estimate of drug-likeness (QED) is 0.216. The maximum absolute atomic E-state index is 5.99. The molecule has 0 spiro atoms. The highest BCUT2D eigenvalue weighted by molar-refractivity contribution is 6.07. The number of dihydropyridines is 1. The topological polar surface area (TPSA) is 129 Å². The molecule has 1 aliphatic rings. The summed E-state index contributed by atoms with van der Waals surface area (Å²) in [4.78, 5) is 18.2. The van der Waals surface area contributed by atoms with Crippen LogP contribution in [0.15, 0.2) is 112 Å². The molecule has 10 heteroatoms. The molecule has 1 aliphatic heterocycles.